The van der Waals surface area contributed by atoms with Crippen molar-refractivity contribution in [3.8, 4) is 11.5 Å². The predicted octanol–water partition coefficient (Wildman–Crippen LogP) is 3.63. The molecule has 0 radical (unpaired) electrons. The molecule has 0 aliphatic carbocycles. The highest BCUT2D eigenvalue weighted by molar-refractivity contribution is 6.46. The SMILES string of the molecule is CCOc1ccc(/C(O)=C2\C(=O)C(=O)N(CCN3CCOCC3)C2c2ccc(OC(C)C)cc2)cc1. The summed E-state index contributed by atoms with van der Waals surface area (Å²) in [6, 6.07) is 13.5. The number of Topliss-reactive ketones (excluding diaryl/α,β-unsaturated/α-hetero) is 1. The molecule has 2 heterocycles. The van der Waals surface area contributed by atoms with Gasteiger partial charge in [0.15, 0.2) is 0 Å². The van der Waals surface area contributed by atoms with Crippen LogP contribution in [0, 0.1) is 0 Å². The molecule has 2 aromatic carbocycles. The number of hydrogen-bond donors (Lipinski definition) is 1. The van der Waals surface area contributed by atoms with E-state index >= 15 is 0 Å². The van der Waals surface area contributed by atoms with Crippen LogP contribution >= 0.6 is 0 Å². The third-order valence-electron chi connectivity index (χ3n) is 6.31. The molecule has 2 saturated heterocycles. The maximum Gasteiger partial charge on any atom is 0.295 e. The molecular formula is C28H34N2O6. The van der Waals surface area contributed by atoms with Crippen molar-refractivity contribution in [1.82, 2.24) is 9.80 Å². The van der Waals surface area contributed by atoms with E-state index < -0.39 is 17.7 Å². The van der Waals surface area contributed by atoms with Crippen LogP contribution < -0.4 is 9.47 Å². The first kappa shape index (κ1) is 25.7. The highest BCUT2D eigenvalue weighted by Crippen LogP contribution is 2.40. The Morgan fingerprint density at radius 1 is 1.00 bits per heavy atom. The maximum atomic E-state index is 13.3. The van der Waals surface area contributed by atoms with Crippen molar-refractivity contribution in [3.63, 3.8) is 0 Å². The van der Waals surface area contributed by atoms with Crippen molar-refractivity contribution in [2.45, 2.75) is 32.9 Å². The average molecular weight is 495 g/mol. The summed E-state index contributed by atoms with van der Waals surface area (Å²) in [5.74, 6) is -0.125. The van der Waals surface area contributed by atoms with Gasteiger partial charge in [0.25, 0.3) is 11.7 Å². The Bertz CT molecular complexity index is 1090. The molecule has 2 aliphatic heterocycles. The lowest BCUT2D eigenvalue weighted by Gasteiger charge is -2.31. The number of ether oxygens (including phenoxy) is 3. The quantitative estimate of drug-likeness (QED) is 0.324. The lowest BCUT2D eigenvalue weighted by atomic mass is 9.95. The largest absolute Gasteiger partial charge is 0.507 e. The Morgan fingerprint density at radius 3 is 2.25 bits per heavy atom. The fourth-order valence-corrected chi connectivity index (χ4v) is 4.56. The summed E-state index contributed by atoms with van der Waals surface area (Å²) in [4.78, 5) is 30.2. The van der Waals surface area contributed by atoms with Gasteiger partial charge in [0.1, 0.15) is 17.3 Å². The zero-order valence-corrected chi connectivity index (χ0v) is 21.1. The Labute approximate surface area is 212 Å². The number of likely N-dealkylation sites (tertiary alicyclic amines) is 1. The van der Waals surface area contributed by atoms with Gasteiger partial charge in [-0.2, -0.15) is 0 Å². The van der Waals surface area contributed by atoms with E-state index in [1.165, 1.54) is 0 Å². The van der Waals surface area contributed by atoms with Crippen LogP contribution in [0.3, 0.4) is 0 Å². The van der Waals surface area contributed by atoms with Crippen molar-refractivity contribution in [2.75, 3.05) is 46.0 Å². The second kappa shape index (κ2) is 11.6. The summed E-state index contributed by atoms with van der Waals surface area (Å²) in [5, 5.41) is 11.3. The van der Waals surface area contributed by atoms with Crippen molar-refractivity contribution in [1.29, 1.82) is 0 Å². The molecule has 1 amide bonds. The third kappa shape index (κ3) is 5.71. The highest BCUT2D eigenvalue weighted by Gasteiger charge is 2.46. The minimum Gasteiger partial charge on any atom is -0.507 e. The van der Waals surface area contributed by atoms with Crippen LogP contribution in [0.4, 0.5) is 0 Å². The molecule has 192 valence electrons. The molecule has 2 aliphatic rings. The van der Waals surface area contributed by atoms with Gasteiger partial charge in [0, 0.05) is 31.7 Å². The number of aliphatic hydroxyl groups is 1. The predicted molar refractivity (Wildman–Crippen MR) is 136 cm³/mol. The number of hydrogen-bond acceptors (Lipinski definition) is 7. The normalized spacial score (nSPS) is 20.2. The van der Waals surface area contributed by atoms with Crippen LogP contribution in [0.2, 0.25) is 0 Å². The standard InChI is InChI=1S/C28H34N2O6/c1-4-35-22-9-7-21(8-10-22)26(31)24-25(20-5-11-23(12-6-20)36-19(2)3)30(28(33)27(24)32)14-13-29-15-17-34-18-16-29/h5-12,19,25,31H,4,13-18H2,1-3H3/b26-24+. The second-order valence-electron chi connectivity index (χ2n) is 9.14. The third-order valence-corrected chi connectivity index (χ3v) is 6.31. The maximum absolute atomic E-state index is 13.3. The first-order valence-corrected chi connectivity index (χ1v) is 12.5. The monoisotopic (exact) mass is 494 g/mol. The van der Waals surface area contributed by atoms with Crippen molar-refractivity contribution in [3.05, 3.63) is 65.2 Å². The number of aliphatic hydroxyl groups excluding tert-OH is 1. The summed E-state index contributed by atoms with van der Waals surface area (Å²) >= 11 is 0. The molecular weight excluding hydrogens is 460 g/mol. The lowest BCUT2D eigenvalue weighted by Crippen LogP contribution is -2.42. The number of amides is 1. The molecule has 2 fully saturated rings. The van der Waals surface area contributed by atoms with E-state index in [2.05, 4.69) is 4.90 Å². The number of carbonyl (C=O) groups is 2. The second-order valence-corrected chi connectivity index (χ2v) is 9.14. The van der Waals surface area contributed by atoms with Crippen LogP contribution in [-0.4, -0.2) is 78.7 Å². The molecule has 4 rings (SSSR count). The molecule has 8 nitrogen and oxygen atoms in total. The molecule has 0 saturated carbocycles. The minimum atomic E-state index is -0.703. The Kier molecular flexibility index (Phi) is 8.28. The van der Waals surface area contributed by atoms with Crippen molar-refractivity contribution < 1.29 is 28.9 Å². The topological polar surface area (TPSA) is 88.5 Å². The van der Waals surface area contributed by atoms with Crippen LogP contribution in [0.15, 0.2) is 54.1 Å². The lowest BCUT2D eigenvalue weighted by molar-refractivity contribution is -0.140. The Morgan fingerprint density at radius 2 is 1.64 bits per heavy atom. The van der Waals surface area contributed by atoms with Gasteiger partial charge >= 0.3 is 0 Å². The Hall–Kier alpha value is -3.36. The zero-order chi connectivity index (χ0) is 25.7. The number of morpholine rings is 1. The molecule has 0 aromatic heterocycles. The highest BCUT2D eigenvalue weighted by atomic mass is 16.5. The molecule has 0 spiro atoms. The first-order chi connectivity index (χ1) is 17.4. The van der Waals surface area contributed by atoms with Crippen LogP contribution in [0.1, 0.15) is 37.9 Å². The summed E-state index contributed by atoms with van der Waals surface area (Å²) in [6.45, 7) is 10.2. The van der Waals surface area contributed by atoms with E-state index in [0.29, 0.717) is 50.0 Å². The van der Waals surface area contributed by atoms with Crippen molar-refractivity contribution >= 4 is 17.4 Å². The number of rotatable bonds is 9. The molecule has 1 atom stereocenters. The minimum absolute atomic E-state index is 0.0228. The van der Waals surface area contributed by atoms with Gasteiger partial charge < -0.3 is 24.2 Å². The van der Waals surface area contributed by atoms with Gasteiger partial charge in [0.2, 0.25) is 0 Å². The molecule has 1 unspecified atom stereocenters. The summed E-state index contributed by atoms with van der Waals surface area (Å²) in [7, 11) is 0. The number of carbonyl (C=O) groups excluding carboxylic acids is 2. The van der Waals surface area contributed by atoms with Gasteiger partial charge in [0.05, 0.1) is 37.5 Å². The summed E-state index contributed by atoms with van der Waals surface area (Å²) < 4.78 is 16.7. The van der Waals surface area contributed by atoms with E-state index in [1.54, 1.807) is 29.2 Å². The smallest absolute Gasteiger partial charge is 0.295 e. The van der Waals surface area contributed by atoms with E-state index in [-0.39, 0.29) is 17.4 Å². The van der Waals surface area contributed by atoms with Gasteiger partial charge in [-0.15, -0.1) is 0 Å². The summed E-state index contributed by atoms with van der Waals surface area (Å²) in [5.41, 5.74) is 1.28. The molecule has 36 heavy (non-hydrogen) atoms. The van der Waals surface area contributed by atoms with E-state index in [9.17, 15) is 14.7 Å². The fourth-order valence-electron chi connectivity index (χ4n) is 4.56. The molecule has 8 heteroatoms. The first-order valence-electron chi connectivity index (χ1n) is 12.5. The van der Waals surface area contributed by atoms with E-state index in [4.69, 9.17) is 14.2 Å². The number of benzene rings is 2. The van der Waals surface area contributed by atoms with E-state index in [0.717, 1.165) is 18.7 Å². The van der Waals surface area contributed by atoms with Crippen LogP contribution in [-0.2, 0) is 14.3 Å². The van der Waals surface area contributed by atoms with Gasteiger partial charge in [-0.3, -0.25) is 14.5 Å². The Balaban J connectivity index is 1.70. The molecule has 1 N–H and O–H groups in total. The van der Waals surface area contributed by atoms with E-state index in [1.807, 2.05) is 45.0 Å². The fraction of sp³-hybridized carbons (Fsp3) is 0.429. The van der Waals surface area contributed by atoms with Crippen molar-refractivity contribution in [2.24, 2.45) is 0 Å². The molecule has 2 aromatic rings. The molecule has 0 bridgehead atoms. The number of nitrogens with zero attached hydrogens (tertiary/aromatic N) is 2. The average Bonchev–Trinajstić information content (AvgIpc) is 3.13. The summed E-state index contributed by atoms with van der Waals surface area (Å²) in [6.07, 6.45) is 0.0228. The number of ketones is 1. The van der Waals surface area contributed by atoms with Gasteiger partial charge in [-0.1, -0.05) is 12.1 Å². The van der Waals surface area contributed by atoms with Gasteiger partial charge in [-0.25, -0.2) is 0 Å². The van der Waals surface area contributed by atoms with Gasteiger partial charge in [-0.05, 0) is 62.7 Å². The van der Waals surface area contributed by atoms with Crippen LogP contribution in [0.5, 0.6) is 11.5 Å². The van der Waals surface area contributed by atoms with Crippen LogP contribution in [0.25, 0.3) is 5.76 Å². The zero-order valence-electron chi connectivity index (χ0n) is 21.1.